The molecule has 6 nitrogen and oxygen atoms in total. The highest BCUT2D eigenvalue weighted by atomic mass is 35.5. The number of non-ortho nitro benzene ring substituents is 1. The Morgan fingerprint density at radius 1 is 1.27 bits per heavy atom. The molecule has 3 atom stereocenters. The third-order valence-corrected chi connectivity index (χ3v) is 5.43. The number of nitrogens with zero attached hydrogens (tertiary/aromatic N) is 1. The molecule has 0 amide bonds. The van der Waals surface area contributed by atoms with Gasteiger partial charge in [0.15, 0.2) is 0 Å². The maximum atomic E-state index is 11.2. The molecular weight excluding hydrogens is 356 g/mol. The Labute approximate surface area is 154 Å². The number of nitro benzene ring substituents is 1. The van der Waals surface area contributed by atoms with Gasteiger partial charge in [-0.25, -0.2) is 4.79 Å². The number of carboxylic acids is 1. The van der Waals surface area contributed by atoms with Crippen molar-refractivity contribution in [2.24, 2.45) is 5.92 Å². The normalized spacial score (nSPS) is 23.0. The highest BCUT2D eigenvalue weighted by molar-refractivity contribution is 6.33. The monoisotopic (exact) mass is 370 g/mol. The maximum absolute atomic E-state index is 11.2. The van der Waals surface area contributed by atoms with Gasteiger partial charge in [-0.2, -0.15) is 0 Å². The summed E-state index contributed by atoms with van der Waals surface area (Å²) in [6.07, 6.45) is 4.99. The van der Waals surface area contributed by atoms with Gasteiger partial charge < -0.3 is 10.4 Å². The summed E-state index contributed by atoms with van der Waals surface area (Å²) in [5.74, 6) is -0.738. The molecule has 0 saturated heterocycles. The lowest BCUT2D eigenvalue weighted by Crippen LogP contribution is -2.29. The first-order chi connectivity index (χ1) is 12.5. The molecule has 0 aromatic heterocycles. The number of fused-ring (bicyclic) bond motifs is 3. The fourth-order valence-corrected chi connectivity index (χ4v) is 4.18. The largest absolute Gasteiger partial charge is 0.478 e. The Bertz CT molecular complexity index is 939. The summed E-state index contributed by atoms with van der Waals surface area (Å²) in [5.41, 5.74) is 2.73. The van der Waals surface area contributed by atoms with Crippen LogP contribution in [-0.2, 0) is 0 Å². The van der Waals surface area contributed by atoms with E-state index in [1.165, 1.54) is 6.07 Å². The molecule has 2 aromatic carbocycles. The van der Waals surface area contributed by atoms with Gasteiger partial charge in [0, 0.05) is 18.1 Å². The molecule has 0 unspecified atom stereocenters. The van der Waals surface area contributed by atoms with E-state index in [9.17, 15) is 14.9 Å². The van der Waals surface area contributed by atoms with Gasteiger partial charge >= 0.3 is 5.97 Å². The number of halogens is 1. The number of carboxylic acid groups (broad SMARTS) is 1. The minimum atomic E-state index is -0.964. The van der Waals surface area contributed by atoms with Crippen LogP contribution in [0, 0.1) is 16.0 Å². The SMILES string of the molecule is O=C(O)c1ccc([C@@H]2Nc3c(Cl)cc([N+](=O)[O-])cc3[C@@H]3C=CC[C@@H]32)cc1. The topological polar surface area (TPSA) is 92.5 Å². The van der Waals surface area contributed by atoms with Crippen LogP contribution < -0.4 is 5.32 Å². The van der Waals surface area contributed by atoms with Crippen molar-refractivity contribution in [2.75, 3.05) is 5.32 Å². The van der Waals surface area contributed by atoms with Crippen LogP contribution >= 0.6 is 11.6 Å². The van der Waals surface area contributed by atoms with Crippen LogP contribution in [0.5, 0.6) is 0 Å². The molecule has 132 valence electrons. The summed E-state index contributed by atoms with van der Waals surface area (Å²) >= 11 is 6.33. The lowest BCUT2D eigenvalue weighted by atomic mass is 9.77. The van der Waals surface area contributed by atoms with E-state index in [1.54, 1.807) is 30.3 Å². The van der Waals surface area contributed by atoms with Crippen molar-refractivity contribution in [1.82, 2.24) is 0 Å². The zero-order chi connectivity index (χ0) is 18.4. The molecule has 1 heterocycles. The average Bonchev–Trinajstić information content (AvgIpc) is 3.11. The molecule has 0 bridgehead atoms. The van der Waals surface area contributed by atoms with Gasteiger partial charge in [0.2, 0.25) is 0 Å². The number of nitro groups is 1. The lowest BCUT2D eigenvalue weighted by Gasteiger charge is -2.37. The van der Waals surface area contributed by atoms with Crippen molar-refractivity contribution in [2.45, 2.75) is 18.4 Å². The van der Waals surface area contributed by atoms with Gasteiger partial charge in [0.05, 0.1) is 27.2 Å². The summed E-state index contributed by atoms with van der Waals surface area (Å²) in [6.45, 7) is 0. The third kappa shape index (κ3) is 2.63. The molecule has 0 spiro atoms. The fourth-order valence-electron chi connectivity index (χ4n) is 3.91. The van der Waals surface area contributed by atoms with E-state index in [2.05, 4.69) is 17.5 Å². The second-order valence-electron chi connectivity index (χ2n) is 6.55. The molecular formula is C19H15ClN2O4. The lowest BCUT2D eigenvalue weighted by molar-refractivity contribution is -0.384. The minimum absolute atomic E-state index is 0.0149. The van der Waals surface area contributed by atoms with Crippen LogP contribution in [0.4, 0.5) is 11.4 Å². The quantitative estimate of drug-likeness (QED) is 0.461. The van der Waals surface area contributed by atoms with E-state index in [1.807, 2.05) is 0 Å². The predicted octanol–water partition coefficient (Wildman–Crippen LogP) is 4.77. The molecule has 4 rings (SSSR count). The first kappa shape index (κ1) is 16.6. The van der Waals surface area contributed by atoms with Crippen LogP contribution in [0.2, 0.25) is 5.02 Å². The molecule has 0 fully saturated rings. The molecule has 2 N–H and O–H groups in total. The third-order valence-electron chi connectivity index (χ3n) is 5.13. The summed E-state index contributed by atoms with van der Waals surface area (Å²) in [5, 5.41) is 24.0. The van der Waals surface area contributed by atoms with Crippen molar-refractivity contribution in [1.29, 1.82) is 0 Å². The number of carbonyl (C=O) groups is 1. The smallest absolute Gasteiger partial charge is 0.335 e. The number of nitrogens with one attached hydrogen (secondary N) is 1. The van der Waals surface area contributed by atoms with E-state index in [-0.39, 0.29) is 29.1 Å². The fraction of sp³-hybridized carbons (Fsp3) is 0.211. The summed E-state index contributed by atoms with van der Waals surface area (Å²) < 4.78 is 0. The van der Waals surface area contributed by atoms with Crippen LogP contribution in [0.25, 0.3) is 0 Å². The predicted molar refractivity (Wildman–Crippen MR) is 97.9 cm³/mol. The van der Waals surface area contributed by atoms with Gasteiger partial charge in [-0.3, -0.25) is 10.1 Å². The number of allylic oxidation sites excluding steroid dienone is 2. The second-order valence-corrected chi connectivity index (χ2v) is 6.96. The molecule has 26 heavy (non-hydrogen) atoms. The molecule has 7 heteroatoms. The zero-order valence-corrected chi connectivity index (χ0v) is 14.3. The number of benzene rings is 2. The van der Waals surface area contributed by atoms with Crippen LogP contribution in [0.3, 0.4) is 0 Å². The first-order valence-electron chi connectivity index (χ1n) is 8.20. The minimum Gasteiger partial charge on any atom is -0.478 e. The van der Waals surface area contributed by atoms with E-state index in [4.69, 9.17) is 16.7 Å². The van der Waals surface area contributed by atoms with E-state index >= 15 is 0 Å². The van der Waals surface area contributed by atoms with Crippen molar-refractivity contribution < 1.29 is 14.8 Å². The van der Waals surface area contributed by atoms with E-state index in [0.717, 1.165) is 17.5 Å². The summed E-state index contributed by atoms with van der Waals surface area (Å²) in [6, 6.07) is 9.68. The molecule has 1 aliphatic carbocycles. The number of aromatic carboxylic acids is 1. The number of rotatable bonds is 3. The van der Waals surface area contributed by atoms with Crippen molar-refractivity contribution in [3.63, 3.8) is 0 Å². The van der Waals surface area contributed by atoms with Crippen molar-refractivity contribution in [3.8, 4) is 0 Å². The first-order valence-corrected chi connectivity index (χ1v) is 8.58. The van der Waals surface area contributed by atoms with Crippen LogP contribution in [0.15, 0.2) is 48.6 Å². The highest BCUT2D eigenvalue weighted by Gasteiger charge is 2.39. The Balaban J connectivity index is 1.77. The zero-order valence-electron chi connectivity index (χ0n) is 13.6. The number of hydrogen-bond donors (Lipinski definition) is 2. The number of anilines is 1. The highest BCUT2D eigenvalue weighted by Crippen LogP contribution is 2.52. The van der Waals surface area contributed by atoms with Crippen molar-refractivity contribution >= 4 is 28.9 Å². The summed E-state index contributed by atoms with van der Waals surface area (Å²) in [4.78, 5) is 21.8. The number of hydrogen-bond acceptors (Lipinski definition) is 4. The van der Waals surface area contributed by atoms with Gasteiger partial charge in [0.1, 0.15) is 0 Å². The Hall–Kier alpha value is -2.86. The van der Waals surface area contributed by atoms with Gasteiger partial charge in [0.25, 0.3) is 5.69 Å². The molecule has 1 aliphatic heterocycles. The molecule has 0 radical (unpaired) electrons. The molecule has 2 aromatic rings. The van der Waals surface area contributed by atoms with Gasteiger partial charge in [-0.15, -0.1) is 0 Å². The Morgan fingerprint density at radius 3 is 2.65 bits per heavy atom. The van der Waals surface area contributed by atoms with Crippen molar-refractivity contribution in [3.05, 3.63) is 80.4 Å². The van der Waals surface area contributed by atoms with Crippen LogP contribution in [0.1, 0.15) is 39.9 Å². The summed E-state index contributed by atoms with van der Waals surface area (Å²) in [7, 11) is 0. The Morgan fingerprint density at radius 2 is 2.00 bits per heavy atom. The standard InChI is InChI=1S/C19H15ClN2O4/c20-16-9-12(22(25)26)8-15-13-2-1-3-14(13)17(21-18(15)16)10-4-6-11(7-5-10)19(23)24/h1-2,4-9,13-14,17,21H,3H2,(H,23,24)/t13-,14+,17+/m1/s1. The molecule has 0 saturated carbocycles. The van der Waals surface area contributed by atoms with Crippen LogP contribution in [-0.4, -0.2) is 16.0 Å². The molecule has 2 aliphatic rings. The maximum Gasteiger partial charge on any atom is 0.335 e. The van der Waals surface area contributed by atoms with Gasteiger partial charge in [-0.05, 0) is 35.6 Å². The Kier molecular flexibility index (Phi) is 3.92. The van der Waals surface area contributed by atoms with E-state index < -0.39 is 10.9 Å². The average molecular weight is 371 g/mol. The van der Waals surface area contributed by atoms with E-state index in [0.29, 0.717) is 10.7 Å². The second kappa shape index (κ2) is 6.14. The van der Waals surface area contributed by atoms with Gasteiger partial charge in [-0.1, -0.05) is 35.9 Å².